The normalized spacial score (nSPS) is 11.3. The predicted octanol–water partition coefficient (Wildman–Crippen LogP) is 3.72. The molecule has 2 aromatic heterocycles. The second kappa shape index (κ2) is 4.70. The topological polar surface area (TPSA) is 56.7 Å². The Morgan fingerprint density at radius 1 is 1.19 bits per heavy atom. The van der Waals surface area contributed by atoms with E-state index in [0.29, 0.717) is 28.0 Å². The average Bonchev–Trinajstić information content (AvgIpc) is 2.65. The monoisotopic (exact) mass is 304 g/mol. The molecule has 1 aromatic carbocycles. The molecule has 21 heavy (non-hydrogen) atoms. The van der Waals surface area contributed by atoms with Crippen LogP contribution >= 0.6 is 11.6 Å². The van der Waals surface area contributed by atoms with Crippen molar-refractivity contribution in [2.75, 3.05) is 5.73 Å². The van der Waals surface area contributed by atoms with E-state index in [4.69, 9.17) is 17.3 Å². The number of benzene rings is 1. The van der Waals surface area contributed by atoms with E-state index in [9.17, 15) is 4.39 Å². The van der Waals surface area contributed by atoms with Crippen LogP contribution in [-0.2, 0) is 0 Å². The van der Waals surface area contributed by atoms with Gasteiger partial charge >= 0.3 is 0 Å². The summed E-state index contributed by atoms with van der Waals surface area (Å²) in [7, 11) is 0. The van der Waals surface area contributed by atoms with Crippen molar-refractivity contribution in [1.29, 1.82) is 0 Å². The van der Waals surface area contributed by atoms with Crippen molar-refractivity contribution in [2.45, 2.75) is 20.8 Å². The van der Waals surface area contributed by atoms with Gasteiger partial charge in [0.1, 0.15) is 17.5 Å². The quantitative estimate of drug-likeness (QED) is 0.745. The molecule has 2 heterocycles. The Balaban J connectivity index is 2.48. The fourth-order valence-electron chi connectivity index (χ4n) is 2.56. The summed E-state index contributed by atoms with van der Waals surface area (Å²) in [6, 6.07) is 4.25. The summed E-state index contributed by atoms with van der Waals surface area (Å²) in [6.45, 7) is 5.63. The molecule has 3 rings (SSSR count). The van der Waals surface area contributed by atoms with Crippen LogP contribution < -0.4 is 5.73 Å². The van der Waals surface area contributed by atoms with Gasteiger partial charge in [0.2, 0.25) is 0 Å². The minimum absolute atomic E-state index is 0.355. The van der Waals surface area contributed by atoms with Gasteiger partial charge in [-0.05, 0) is 44.5 Å². The zero-order valence-corrected chi connectivity index (χ0v) is 12.7. The fraction of sp³-hybridized carbons (Fsp3) is 0.200. The zero-order valence-electron chi connectivity index (χ0n) is 11.9. The molecule has 0 unspecified atom stereocenters. The molecule has 0 aliphatic carbocycles. The molecule has 6 heteroatoms. The van der Waals surface area contributed by atoms with Gasteiger partial charge in [-0.25, -0.2) is 14.4 Å². The van der Waals surface area contributed by atoms with Crippen LogP contribution in [0.15, 0.2) is 18.2 Å². The third-order valence-electron chi connectivity index (χ3n) is 3.64. The number of nitrogens with zero attached hydrogens (tertiary/aromatic N) is 3. The van der Waals surface area contributed by atoms with Crippen LogP contribution in [0.2, 0.25) is 5.02 Å². The van der Waals surface area contributed by atoms with Gasteiger partial charge < -0.3 is 5.73 Å². The highest BCUT2D eigenvalue weighted by molar-refractivity contribution is 6.32. The van der Waals surface area contributed by atoms with Gasteiger partial charge in [-0.3, -0.25) is 4.57 Å². The number of hydrogen-bond donors (Lipinski definition) is 1. The lowest BCUT2D eigenvalue weighted by atomic mass is 10.2. The number of halogens is 2. The van der Waals surface area contributed by atoms with Gasteiger partial charge in [0.15, 0.2) is 5.65 Å². The van der Waals surface area contributed by atoms with E-state index in [1.54, 1.807) is 6.92 Å². The van der Waals surface area contributed by atoms with Gasteiger partial charge in [-0.1, -0.05) is 11.6 Å². The minimum atomic E-state index is -0.355. The fourth-order valence-corrected chi connectivity index (χ4v) is 2.76. The van der Waals surface area contributed by atoms with Crippen LogP contribution in [0.5, 0.6) is 0 Å². The van der Waals surface area contributed by atoms with Crippen molar-refractivity contribution in [3.63, 3.8) is 0 Å². The number of hydrogen-bond acceptors (Lipinski definition) is 3. The third-order valence-corrected chi connectivity index (χ3v) is 3.96. The van der Waals surface area contributed by atoms with E-state index in [1.165, 1.54) is 18.2 Å². The summed E-state index contributed by atoms with van der Waals surface area (Å²) in [4.78, 5) is 8.65. The Morgan fingerprint density at radius 3 is 2.62 bits per heavy atom. The molecule has 0 bridgehead atoms. The molecular formula is C15H14ClFN4. The summed E-state index contributed by atoms with van der Waals surface area (Å²) in [5, 5.41) is 1.23. The van der Waals surface area contributed by atoms with Crippen LogP contribution in [0.25, 0.3) is 16.7 Å². The number of aromatic nitrogens is 3. The maximum atomic E-state index is 13.6. The molecule has 2 N–H and O–H groups in total. The van der Waals surface area contributed by atoms with Crippen LogP contribution in [0, 0.1) is 26.6 Å². The molecule has 0 fully saturated rings. The smallest absolute Gasteiger partial charge is 0.150 e. The van der Waals surface area contributed by atoms with Gasteiger partial charge in [0.05, 0.1) is 16.1 Å². The first-order valence-electron chi connectivity index (χ1n) is 6.47. The number of nitrogens with two attached hydrogens (primary N) is 1. The molecule has 0 radical (unpaired) electrons. The maximum absolute atomic E-state index is 13.6. The van der Waals surface area contributed by atoms with Gasteiger partial charge in [0, 0.05) is 5.69 Å². The Labute approximate surface area is 126 Å². The number of aryl methyl sites for hydroxylation is 2. The van der Waals surface area contributed by atoms with Crippen molar-refractivity contribution >= 4 is 28.5 Å². The summed E-state index contributed by atoms with van der Waals surface area (Å²) in [5.41, 5.74) is 9.07. The highest BCUT2D eigenvalue weighted by Crippen LogP contribution is 2.33. The summed E-state index contributed by atoms with van der Waals surface area (Å²) in [6.07, 6.45) is 0. The van der Waals surface area contributed by atoms with Crippen LogP contribution in [0.3, 0.4) is 0 Å². The third kappa shape index (κ3) is 2.05. The first-order valence-corrected chi connectivity index (χ1v) is 6.85. The molecule has 0 amide bonds. The predicted molar refractivity (Wildman–Crippen MR) is 82.5 cm³/mol. The lowest BCUT2D eigenvalue weighted by molar-refractivity contribution is 0.626. The van der Waals surface area contributed by atoms with Gasteiger partial charge in [-0.2, -0.15) is 0 Å². The lowest BCUT2D eigenvalue weighted by Crippen LogP contribution is -2.02. The highest BCUT2D eigenvalue weighted by atomic mass is 35.5. The van der Waals surface area contributed by atoms with E-state index >= 15 is 0 Å². The molecule has 0 saturated heterocycles. The summed E-state index contributed by atoms with van der Waals surface area (Å²) in [5.74, 6) is 0.628. The van der Waals surface area contributed by atoms with Crippen LogP contribution in [0.1, 0.15) is 17.1 Å². The molecule has 3 aromatic rings. The van der Waals surface area contributed by atoms with Crippen molar-refractivity contribution in [1.82, 2.24) is 14.5 Å². The SMILES string of the molecule is Cc1nc(N)c2c(C)c(C)n(-c3cc(F)ccc3Cl)c2n1. The Morgan fingerprint density at radius 2 is 1.90 bits per heavy atom. The maximum Gasteiger partial charge on any atom is 0.150 e. The molecule has 0 atom stereocenters. The number of anilines is 1. The number of fused-ring (bicyclic) bond motifs is 1. The lowest BCUT2D eigenvalue weighted by Gasteiger charge is -2.10. The first kappa shape index (κ1) is 13.8. The van der Waals surface area contributed by atoms with Crippen molar-refractivity contribution in [2.24, 2.45) is 0 Å². The molecule has 4 nitrogen and oxygen atoms in total. The van der Waals surface area contributed by atoms with Crippen molar-refractivity contribution in [3.8, 4) is 5.69 Å². The van der Waals surface area contributed by atoms with Crippen LogP contribution in [-0.4, -0.2) is 14.5 Å². The highest BCUT2D eigenvalue weighted by Gasteiger charge is 2.19. The second-order valence-corrected chi connectivity index (χ2v) is 5.40. The van der Waals surface area contributed by atoms with E-state index in [-0.39, 0.29) is 5.82 Å². The zero-order chi connectivity index (χ0) is 15.3. The number of nitrogen functional groups attached to an aromatic ring is 1. The minimum Gasteiger partial charge on any atom is -0.383 e. The Hall–Kier alpha value is -2.14. The van der Waals surface area contributed by atoms with E-state index < -0.39 is 0 Å². The largest absolute Gasteiger partial charge is 0.383 e. The second-order valence-electron chi connectivity index (χ2n) is 5.00. The Kier molecular flexibility index (Phi) is 3.10. The van der Waals surface area contributed by atoms with Crippen LogP contribution in [0.4, 0.5) is 10.2 Å². The molecule has 0 spiro atoms. The van der Waals surface area contributed by atoms with Gasteiger partial charge in [-0.15, -0.1) is 0 Å². The van der Waals surface area contributed by atoms with Crippen molar-refractivity contribution in [3.05, 3.63) is 46.1 Å². The van der Waals surface area contributed by atoms with Gasteiger partial charge in [0.25, 0.3) is 0 Å². The first-order chi connectivity index (χ1) is 9.90. The molecule has 108 valence electrons. The summed E-state index contributed by atoms with van der Waals surface area (Å²) >= 11 is 6.23. The molecule has 0 aliphatic heterocycles. The van der Waals surface area contributed by atoms with Crippen molar-refractivity contribution < 1.29 is 4.39 Å². The molecule has 0 saturated carbocycles. The van der Waals surface area contributed by atoms with E-state index in [0.717, 1.165) is 16.6 Å². The van der Waals surface area contributed by atoms with E-state index in [2.05, 4.69) is 9.97 Å². The number of rotatable bonds is 1. The molecule has 0 aliphatic rings. The molecular weight excluding hydrogens is 291 g/mol. The van der Waals surface area contributed by atoms with E-state index in [1.807, 2.05) is 18.4 Å². The summed E-state index contributed by atoms with van der Waals surface area (Å²) < 4.78 is 15.4. The Bertz CT molecular complexity index is 870. The standard InChI is InChI=1S/C15H14ClFN4/c1-7-8(2)21(12-6-10(17)4-5-11(12)16)15-13(7)14(18)19-9(3)20-15/h4-6H,1-3H3,(H2,18,19,20). The average molecular weight is 305 g/mol.